The topological polar surface area (TPSA) is 0 Å². The number of allylic oxidation sites excluding steroid dienone is 2. The Hall–Kier alpha value is -1.96. The Kier molecular flexibility index (Phi) is 9.68. The molecule has 0 bridgehead atoms. The Labute approximate surface area is 260 Å². The van der Waals surface area contributed by atoms with Gasteiger partial charge in [0.05, 0.1) is 0 Å². The summed E-state index contributed by atoms with van der Waals surface area (Å²) in [6.45, 7) is 14.7. The van der Waals surface area contributed by atoms with Gasteiger partial charge in [0, 0.05) is 0 Å². The molecule has 2 atom stereocenters. The molecule has 202 valence electrons. The van der Waals surface area contributed by atoms with Crippen LogP contribution in [0.2, 0.25) is 13.1 Å². The van der Waals surface area contributed by atoms with E-state index in [-0.39, 0.29) is 24.8 Å². The Balaban J connectivity index is 0.00000185. The molecule has 0 aliphatic heterocycles. The fourth-order valence-corrected chi connectivity index (χ4v) is 27.7. The van der Waals surface area contributed by atoms with Crippen LogP contribution in [0.4, 0.5) is 0 Å². The Morgan fingerprint density at radius 2 is 0.900 bits per heavy atom. The van der Waals surface area contributed by atoms with E-state index < -0.39 is 25.8 Å². The van der Waals surface area contributed by atoms with Crippen LogP contribution >= 0.6 is 0 Å². The van der Waals surface area contributed by atoms with Crippen molar-refractivity contribution in [2.24, 2.45) is 0 Å². The van der Waals surface area contributed by atoms with Gasteiger partial charge in [0.25, 0.3) is 0 Å². The Morgan fingerprint density at radius 1 is 0.525 bits per heavy atom. The summed E-state index contributed by atoms with van der Waals surface area (Å²) in [5, 5.41) is 0. The minimum Gasteiger partial charge on any atom is -1.00 e. The number of fused-ring (bicyclic) bond motifs is 2. The second kappa shape index (κ2) is 12.5. The van der Waals surface area contributed by atoms with Crippen molar-refractivity contribution in [1.82, 2.24) is 0 Å². The van der Waals surface area contributed by atoms with Crippen LogP contribution < -0.4 is 24.8 Å². The first-order valence-corrected chi connectivity index (χ1v) is 22.8. The van der Waals surface area contributed by atoms with Crippen molar-refractivity contribution < 1.29 is 45.2 Å². The summed E-state index contributed by atoms with van der Waals surface area (Å²) in [4.78, 5) is 0. The zero-order valence-electron chi connectivity index (χ0n) is 24.1. The van der Waals surface area contributed by atoms with Crippen molar-refractivity contribution in [3.05, 3.63) is 129 Å². The van der Waals surface area contributed by atoms with E-state index >= 15 is 0 Å². The number of hydrogen-bond acceptors (Lipinski definition) is 0. The molecule has 0 spiro atoms. The van der Waals surface area contributed by atoms with Gasteiger partial charge in [0.15, 0.2) is 0 Å². The molecule has 0 aromatic heterocycles. The quantitative estimate of drug-likeness (QED) is 0.290. The van der Waals surface area contributed by atoms with Gasteiger partial charge in [0.2, 0.25) is 0 Å². The summed E-state index contributed by atoms with van der Waals surface area (Å²) in [5.74, 6) is 0. The van der Waals surface area contributed by atoms with Gasteiger partial charge in [-0.2, -0.15) is 0 Å². The largest absolute Gasteiger partial charge is 1.00 e. The number of aryl methyl sites for hydroxylation is 2. The second-order valence-corrected chi connectivity index (χ2v) is 29.2. The monoisotopic (exact) mass is 656 g/mol. The van der Waals surface area contributed by atoms with Gasteiger partial charge in [0.1, 0.15) is 0 Å². The first kappa shape index (κ1) is 31.0. The third-order valence-electron chi connectivity index (χ3n) is 8.58. The number of benzene rings is 4. The van der Waals surface area contributed by atoms with Crippen molar-refractivity contribution >= 4 is 17.6 Å². The van der Waals surface area contributed by atoms with Gasteiger partial charge in [-0.15, -0.1) is 0 Å². The average molecular weight is 659 g/mol. The van der Waals surface area contributed by atoms with E-state index in [0.29, 0.717) is 7.25 Å². The van der Waals surface area contributed by atoms with Gasteiger partial charge >= 0.3 is 238 Å². The number of rotatable bonds is 4. The van der Waals surface area contributed by atoms with Crippen LogP contribution in [0.25, 0.3) is 34.4 Å². The fourth-order valence-electron chi connectivity index (χ4n) is 6.96. The van der Waals surface area contributed by atoms with E-state index in [1.165, 1.54) is 44.5 Å². The molecule has 6 rings (SSSR count). The third kappa shape index (κ3) is 5.22. The molecule has 0 saturated carbocycles. The van der Waals surface area contributed by atoms with E-state index in [4.69, 9.17) is 0 Å². The minimum atomic E-state index is -2.08. The molecular weight excluding hydrogens is 623 g/mol. The zero-order chi connectivity index (χ0) is 26.6. The first-order chi connectivity index (χ1) is 18.4. The van der Waals surface area contributed by atoms with E-state index in [1.54, 1.807) is 22.3 Å². The van der Waals surface area contributed by atoms with Gasteiger partial charge in [-0.1, -0.05) is 0 Å². The number of halogens is 2. The van der Waals surface area contributed by atoms with Gasteiger partial charge in [-0.3, -0.25) is 0 Å². The van der Waals surface area contributed by atoms with Crippen LogP contribution in [0, 0.1) is 13.8 Å². The molecule has 0 heterocycles. The van der Waals surface area contributed by atoms with E-state index in [1.807, 2.05) is 0 Å². The molecule has 2 aliphatic carbocycles. The Bertz CT molecular complexity index is 1540. The molecule has 0 fully saturated rings. The molecule has 0 radical (unpaired) electrons. The number of hydrogen-bond donors (Lipinski definition) is 0. The van der Waals surface area contributed by atoms with Crippen molar-refractivity contribution in [2.45, 2.75) is 48.0 Å². The van der Waals surface area contributed by atoms with Crippen LogP contribution in [-0.2, 0) is 20.4 Å². The van der Waals surface area contributed by atoms with Crippen LogP contribution in [-0.4, -0.2) is 5.43 Å². The maximum Gasteiger partial charge on any atom is -1.00 e. The van der Waals surface area contributed by atoms with E-state index in [9.17, 15) is 0 Å². The molecule has 0 amide bonds. The van der Waals surface area contributed by atoms with Crippen LogP contribution in [0.5, 0.6) is 0 Å². The molecule has 0 N–H and O–H groups in total. The molecule has 0 nitrogen and oxygen atoms in total. The van der Waals surface area contributed by atoms with E-state index in [0.717, 1.165) is 0 Å². The summed E-state index contributed by atoms with van der Waals surface area (Å²) >= 11 is -2.08. The normalized spacial score (nSPS) is 16.4. The molecule has 4 aromatic rings. The van der Waals surface area contributed by atoms with Crippen LogP contribution in [0.15, 0.2) is 96.1 Å². The summed E-state index contributed by atoms with van der Waals surface area (Å²) < 4.78 is 1.31. The molecule has 2 aliphatic rings. The van der Waals surface area contributed by atoms with Gasteiger partial charge < -0.3 is 24.8 Å². The van der Waals surface area contributed by atoms with Crippen molar-refractivity contribution in [2.75, 3.05) is 0 Å². The summed E-state index contributed by atoms with van der Waals surface area (Å²) in [5.41, 5.74) is 17.3. The van der Waals surface area contributed by atoms with Gasteiger partial charge in [-0.05, 0) is 0 Å². The van der Waals surface area contributed by atoms with Crippen molar-refractivity contribution in [1.29, 1.82) is 0 Å². The average Bonchev–Trinajstić information content (AvgIpc) is 3.41. The maximum atomic E-state index is 2.62. The SMILES string of the molecule is CC1=Cc2c(ccc(C)c2-c2ccccc2)[CH]1[Zr+2]([CH]1C(C)=Cc2c1ccc(C)c2-c1ccccc1)=[Si](C)C.[Cl-].[Cl-]. The maximum absolute atomic E-state index is 2.62. The molecule has 40 heavy (non-hydrogen) atoms. The Morgan fingerprint density at radius 3 is 1.25 bits per heavy atom. The third-order valence-corrected chi connectivity index (χ3v) is 28.5. The molecular formula is C36H36Cl2SiZr. The summed E-state index contributed by atoms with van der Waals surface area (Å²) in [6.07, 6.45) is 5.11. The van der Waals surface area contributed by atoms with E-state index in [2.05, 4.69) is 138 Å². The molecule has 4 aromatic carbocycles. The predicted molar refractivity (Wildman–Crippen MR) is 163 cm³/mol. The van der Waals surface area contributed by atoms with Crippen molar-refractivity contribution in [3.63, 3.8) is 0 Å². The summed E-state index contributed by atoms with van der Waals surface area (Å²) in [6, 6.07) is 31.8. The molecule has 2 unspecified atom stereocenters. The summed E-state index contributed by atoms with van der Waals surface area (Å²) in [7, 11) is 0. The fraction of sp³-hybridized carbons (Fsp3) is 0.222. The zero-order valence-corrected chi connectivity index (χ0v) is 29.1. The van der Waals surface area contributed by atoms with Crippen molar-refractivity contribution in [3.8, 4) is 22.3 Å². The smallest absolute Gasteiger partial charge is 1.00 e. The molecule has 4 heteroatoms. The first-order valence-electron chi connectivity index (χ1n) is 13.8. The van der Waals surface area contributed by atoms with Gasteiger partial charge in [-0.25, -0.2) is 0 Å². The minimum absolute atomic E-state index is 0. The standard InChI is InChI=1S/2C17H15.C2H6Si.2ClH.Zr/c2*1-12-10-15-9-8-13(2)17(16(15)11-12)14-6-4-3-5-7-14;1-3-2;;;/h2*3-11H,1-2H3;1-2H3;2*1H;/q;;;;;+2/p-2. The second-order valence-electron chi connectivity index (χ2n) is 11.4. The molecule has 0 saturated heterocycles. The van der Waals surface area contributed by atoms with Crippen LogP contribution in [0.3, 0.4) is 0 Å². The predicted octanol–water partition coefficient (Wildman–Crippen LogP) is 4.13. The van der Waals surface area contributed by atoms with Crippen LogP contribution in [0.1, 0.15) is 54.5 Å².